The van der Waals surface area contributed by atoms with Gasteiger partial charge in [-0.3, -0.25) is 4.57 Å². The lowest BCUT2D eigenvalue weighted by Gasteiger charge is -2.09. The monoisotopic (exact) mass is 341 g/mol. The van der Waals surface area contributed by atoms with Crippen LogP contribution in [-0.2, 0) is 5.75 Å². The largest absolute Gasteiger partial charge is 0.287 e. The van der Waals surface area contributed by atoms with Gasteiger partial charge in [0.2, 0.25) is 0 Å². The maximum Gasteiger partial charge on any atom is 0.174 e. The summed E-state index contributed by atoms with van der Waals surface area (Å²) < 4.78 is 2.18. The van der Waals surface area contributed by atoms with Crippen LogP contribution in [0.25, 0.3) is 16.7 Å². The summed E-state index contributed by atoms with van der Waals surface area (Å²) in [7, 11) is 0. The highest BCUT2D eigenvalue weighted by Gasteiger charge is 2.13. The van der Waals surface area contributed by atoms with Gasteiger partial charge in [0.05, 0.1) is 22.7 Å². The average Bonchev–Trinajstić information content (AvgIpc) is 3.05. The summed E-state index contributed by atoms with van der Waals surface area (Å²) in [4.78, 5) is 4.80. The Kier molecular flexibility index (Phi) is 4.24. The highest BCUT2D eigenvalue weighted by molar-refractivity contribution is 7.98. The summed E-state index contributed by atoms with van der Waals surface area (Å²) in [6, 6.07) is 28.4. The van der Waals surface area contributed by atoms with Crippen molar-refractivity contribution in [2.24, 2.45) is 0 Å². The summed E-state index contributed by atoms with van der Waals surface area (Å²) in [6.45, 7) is 0. The topological polar surface area (TPSA) is 41.6 Å². The van der Waals surface area contributed by atoms with E-state index < -0.39 is 0 Å². The van der Waals surface area contributed by atoms with Crippen LogP contribution in [-0.4, -0.2) is 9.55 Å². The van der Waals surface area contributed by atoms with Crippen LogP contribution >= 0.6 is 11.8 Å². The molecule has 4 rings (SSSR count). The Bertz CT molecular complexity index is 1060. The fourth-order valence-electron chi connectivity index (χ4n) is 2.82. The summed E-state index contributed by atoms with van der Waals surface area (Å²) in [5.74, 6) is 0.708. The zero-order valence-corrected chi connectivity index (χ0v) is 14.3. The van der Waals surface area contributed by atoms with Crippen molar-refractivity contribution in [3.8, 4) is 11.8 Å². The number of para-hydroxylation sites is 3. The molecule has 0 unspecified atom stereocenters. The molecule has 0 aliphatic rings. The van der Waals surface area contributed by atoms with Gasteiger partial charge in [-0.05, 0) is 35.9 Å². The number of nitrogens with zero attached hydrogens (tertiary/aromatic N) is 3. The van der Waals surface area contributed by atoms with Crippen molar-refractivity contribution in [2.75, 3.05) is 0 Å². The quantitative estimate of drug-likeness (QED) is 0.480. The third-order valence-electron chi connectivity index (χ3n) is 4.04. The van der Waals surface area contributed by atoms with Crippen LogP contribution in [0, 0.1) is 11.3 Å². The number of fused-ring (bicyclic) bond motifs is 1. The molecule has 0 aliphatic heterocycles. The predicted octanol–water partition coefficient (Wildman–Crippen LogP) is 5.19. The van der Waals surface area contributed by atoms with Gasteiger partial charge in [0.1, 0.15) is 0 Å². The lowest BCUT2D eigenvalue weighted by molar-refractivity contribution is 0.919. The molecule has 0 atom stereocenters. The normalized spacial score (nSPS) is 10.7. The van der Waals surface area contributed by atoms with E-state index in [1.807, 2.05) is 60.7 Å². The van der Waals surface area contributed by atoms with Crippen LogP contribution < -0.4 is 0 Å². The minimum absolute atomic E-state index is 0.708. The summed E-state index contributed by atoms with van der Waals surface area (Å²) in [6.07, 6.45) is 0. The molecule has 0 fully saturated rings. The smallest absolute Gasteiger partial charge is 0.174 e. The van der Waals surface area contributed by atoms with Gasteiger partial charge in [0.15, 0.2) is 5.16 Å². The Morgan fingerprint density at radius 3 is 2.44 bits per heavy atom. The predicted molar refractivity (Wildman–Crippen MR) is 102 cm³/mol. The van der Waals surface area contributed by atoms with Crippen molar-refractivity contribution < 1.29 is 0 Å². The summed E-state index contributed by atoms with van der Waals surface area (Å²) in [5.41, 5.74) is 4.90. The lowest BCUT2D eigenvalue weighted by Crippen LogP contribution is -1.96. The van der Waals surface area contributed by atoms with Crippen LogP contribution in [0.1, 0.15) is 11.1 Å². The zero-order chi connectivity index (χ0) is 17.1. The molecule has 0 bridgehead atoms. The lowest BCUT2D eigenvalue weighted by atomic mass is 10.1. The molecule has 0 aliphatic carbocycles. The third kappa shape index (κ3) is 3.02. The minimum Gasteiger partial charge on any atom is -0.287 e. The van der Waals surface area contributed by atoms with Crippen molar-refractivity contribution >= 4 is 22.8 Å². The standard InChI is InChI=1S/C21H15N3S/c22-14-16-8-4-5-9-17(16)15-25-21-23-19-12-6-7-13-20(19)24(21)18-10-2-1-3-11-18/h1-13H,15H2. The molecular weight excluding hydrogens is 326 g/mol. The highest BCUT2D eigenvalue weighted by Crippen LogP contribution is 2.30. The Labute approximate surface area is 150 Å². The van der Waals surface area contributed by atoms with Gasteiger partial charge >= 0.3 is 0 Å². The molecule has 120 valence electrons. The number of benzene rings is 3. The second kappa shape index (κ2) is 6.84. The molecule has 1 aromatic heterocycles. The number of hydrogen-bond acceptors (Lipinski definition) is 3. The van der Waals surface area contributed by atoms with E-state index in [-0.39, 0.29) is 0 Å². The Balaban J connectivity index is 1.76. The number of nitriles is 1. The van der Waals surface area contributed by atoms with Crippen molar-refractivity contribution in [1.82, 2.24) is 9.55 Å². The van der Waals surface area contributed by atoms with Crippen molar-refractivity contribution in [3.63, 3.8) is 0 Å². The number of hydrogen-bond donors (Lipinski definition) is 0. The zero-order valence-electron chi connectivity index (χ0n) is 13.5. The fraction of sp³-hybridized carbons (Fsp3) is 0.0476. The molecule has 1 heterocycles. The second-order valence-electron chi connectivity index (χ2n) is 5.61. The number of imidazole rings is 1. The van der Waals surface area contributed by atoms with E-state index in [9.17, 15) is 5.26 Å². The first kappa shape index (κ1) is 15.5. The molecule has 4 aromatic rings. The van der Waals surface area contributed by atoms with Crippen molar-refractivity contribution in [2.45, 2.75) is 10.9 Å². The minimum atomic E-state index is 0.708. The van der Waals surface area contributed by atoms with Crippen LogP contribution in [0.15, 0.2) is 84.0 Å². The maximum atomic E-state index is 9.28. The maximum absolute atomic E-state index is 9.28. The van der Waals surface area contributed by atoms with Gasteiger partial charge in [-0.25, -0.2) is 4.98 Å². The Morgan fingerprint density at radius 1 is 0.880 bits per heavy atom. The van der Waals surface area contributed by atoms with Gasteiger partial charge in [0.25, 0.3) is 0 Å². The molecule has 0 amide bonds. The average molecular weight is 341 g/mol. The first-order valence-electron chi connectivity index (χ1n) is 8.00. The third-order valence-corrected chi connectivity index (χ3v) is 5.03. The molecule has 4 heteroatoms. The van der Waals surface area contributed by atoms with Crippen molar-refractivity contribution in [3.05, 3.63) is 90.0 Å². The highest BCUT2D eigenvalue weighted by atomic mass is 32.2. The van der Waals surface area contributed by atoms with Crippen LogP contribution in [0.3, 0.4) is 0 Å². The molecule has 0 saturated heterocycles. The van der Waals surface area contributed by atoms with Crippen LogP contribution in [0.5, 0.6) is 0 Å². The molecule has 0 spiro atoms. The summed E-state index contributed by atoms with van der Waals surface area (Å²) in [5, 5.41) is 10.2. The van der Waals surface area contributed by atoms with E-state index in [1.54, 1.807) is 11.8 Å². The van der Waals surface area contributed by atoms with E-state index in [0.29, 0.717) is 5.75 Å². The number of thioether (sulfide) groups is 1. The molecule has 0 saturated carbocycles. The molecule has 3 aromatic carbocycles. The molecular formula is C21H15N3S. The van der Waals surface area contributed by atoms with E-state index in [2.05, 4.69) is 28.8 Å². The van der Waals surface area contributed by atoms with E-state index in [1.165, 1.54) is 0 Å². The first-order chi connectivity index (χ1) is 12.4. The van der Waals surface area contributed by atoms with Gasteiger partial charge in [-0.2, -0.15) is 5.26 Å². The Hall–Kier alpha value is -3.03. The number of rotatable bonds is 4. The van der Waals surface area contributed by atoms with Gasteiger partial charge in [-0.1, -0.05) is 60.3 Å². The molecule has 0 N–H and O–H groups in total. The van der Waals surface area contributed by atoms with Gasteiger partial charge < -0.3 is 0 Å². The molecule has 25 heavy (non-hydrogen) atoms. The SMILES string of the molecule is N#Cc1ccccc1CSc1nc2ccccc2n1-c1ccccc1. The second-order valence-corrected chi connectivity index (χ2v) is 6.55. The van der Waals surface area contributed by atoms with Gasteiger partial charge in [0, 0.05) is 11.4 Å². The fourth-order valence-corrected chi connectivity index (χ4v) is 3.86. The first-order valence-corrected chi connectivity index (χ1v) is 8.99. The van der Waals surface area contributed by atoms with E-state index in [4.69, 9.17) is 4.98 Å². The molecule has 3 nitrogen and oxygen atoms in total. The number of aromatic nitrogens is 2. The molecule has 0 radical (unpaired) electrons. The van der Waals surface area contributed by atoms with E-state index in [0.717, 1.165) is 33.0 Å². The van der Waals surface area contributed by atoms with Gasteiger partial charge in [-0.15, -0.1) is 0 Å². The van der Waals surface area contributed by atoms with E-state index >= 15 is 0 Å². The van der Waals surface area contributed by atoms with Crippen LogP contribution in [0.4, 0.5) is 0 Å². The Morgan fingerprint density at radius 2 is 1.60 bits per heavy atom. The van der Waals surface area contributed by atoms with Crippen LogP contribution in [0.2, 0.25) is 0 Å². The van der Waals surface area contributed by atoms with Crippen molar-refractivity contribution in [1.29, 1.82) is 5.26 Å². The summed E-state index contributed by atoms with van der Waals surface area (Å²) >= 11 is 1.65.